The number of benzene rings is 2. The number of piperazine rings is 1. The van der Waals surface area contributed by atoms with E-state index in [1.54, 1.807) is 18.2 Å². The molecule has 1 amide bonds. The van der Waals surface area contributed by atoms with Gasteiger partial charge in [-0.15, -0.1) is 0 Å². The van der Waals surface area contributed by atoms with Crippen molar-refractivity contribution in [2.75, 3.05) is 69.3 Å². The number of halogens is 1. The lowest BCUT2D eigenvalue weighted by atomic mass is 10.0. The quantitative estimate of drug-likeness (QED) is 0.373. The van der Waals surface area contributed by atoms with Crippen LogP contribution in [0.1, 0.15) is 18.4 Å². The molecular formula is C31H35FN8O4. The van der Waals surface area contributed by atoms with Crippen molar-refractivity contribution in [3.05, 3.63) is 54.4 Å². The number of ether oxygens (including phenoxy) is 2. The molecule has 0 spiro atoms. The molecule has 4 heterocycles. The second kappa shape index (κ2) is 13.5. The number of piperidine rings is 1. The van der Waals surface area contributed by atoms with Gasteiger partial charge in [0.05, 0.1) is 38.0 Å². The Bertz CT molecular complexity index is 1490. The van der Waals surface area contributed by atoms with Crippen LogP contribution in [0.5, 0.6) is 5.75 Å². The number of nitrogens with one attached hydrogen (secondary N) is 1. The molecule has 3 fully saturated rings. The topological polar surface area (TPSA) is 140 Å². The third-order valence-electron chi connectivity index (χ3n) is 8.31. The van der Waals surface area contributed by atoms with E-state index in [0.29, 0.717) is 29.9 Å². The van der Waals surface area contributed by atoms with Gasteiger partial charge in [0.15, 0.2) is 12.0 Å². The Morgan fingerprint density at radius 1 is 1.11 bits per heavy atom. The first-order valence-electron chi connectivity index (χ1n) is 14.9. The minimum Gasteiger partial charge on any atom is -0.486 e. The lowest BCUT2D eigenvalue weighted by molar-refractivity contribution is -0.135. The summed E-state index contributed by atoms with van der Waals surface area (Å²) in [4.78, 5) is 31.4. The molecule has 3 aliphatic rings. The molecule has 12 nitrogen and oxygen atoms in total. The molecule has 44 heavy (non-hydrogen) atoms. The van der Waals surface area contributed by atoms with Gasteiger partial charge in [0, 0.05) is 62.5 Å². The Kier molecular flexibility index (Phi) is 9.11. The maximum atomic E-state index is 14.9. The van der Waals surface area contributed by atoms with E-state index >= 15 is 0 Å². The van der Waals surface area contributed by atoms with Crippen LogP contribution in [-0.2, 0) is 9.53 Å². The number of carbonyl (C=O) groups excluding carboxylic acids is 1. The highest BCUT2D eigenvalue weighted by atomic mass is 19.1. The number of carbonyl (C=O) groups is 1. The van der Waals surface area contributed by atoms with Gasteiger partial charge in [0.2, 0.25) is 11.9 Å². The second-order valence-electron chi connectivity index (χ2n) is 11.1. The zero-order chi connectivity index (χ0) is 30.5. The van der Waals surface area contributed by atoms with Gasteiger partial charge >= 0.3 is 0 Å². The number of hydrogen-bond donors (Lipinski definition) is 2. The van der Waals surface area contributed by atoms with Crippen molar-refractivity contribution in [1.82, 2.24) is 24.8 Å². The van der Waals surface area contributed by atoms with Crippen molar-refractivity contribution < 1.29 is 23.8 Å². The third-order valence-corrected chi connectivity index (χ3v) is 8.31. The summed E-state index contributed by atoms with van der Waals surface area (Å²) in [6.45, 7) is 5.66. The van der Waals surface area contributed by atoms with Gasteiger partial charge in [-0.2, -0.15) is 10.2 Å². The van der Waals surface area contributed by atoms with E-state index in [2.05, 4.69) is 48.3 Å². The number of rotatable bonds is 9. The number of likely N-dealkylation sites (tertiary alicyclic amines) is 1. The summed E-state index contributed by atoms with van der Waals surface area (Å²) in [6, 6.07) is 15.8. The summed E-state index contributed by atoms with van der Waals surface area (Å²) in [5.41, 5.74) is 2.81. The highest BCUT2D eigenvalue weighted by Crippen LogP contribution is 2.29. The number of nitrogens with zero attached hydrogens (tertiary/aromatic N) is 7. The predicted octanol–water partition coefficient (Wildman–Crippen LogP) is 2.37. The molecule has 6 rings (SSSR count). The summed E-state index contributed by atoms with van der Waals surface area (Å²) in [5.74, 6) is 0.699. The van der Waals surface area contributed by atoms with Gasteiger partial charge < -0.3 is 29.7 Å². The number of hydrogen-bond acceptors (Lipinski definition) is 11. The minimum atomic E-state index is -1.42. The SMILES string of the molecule is N#Cc1cc(-c2ncnc(Nc3ccc(N4CCN(C5COC5)CC4)cc3)n2)ccc1OC1CCN(C(=O)CCO)CC1F. The first-order valence-corrected chi connectivity index (χ1v) is 14.9. The van der Waals surface area contributed by atoms with Crippen LogP contribution < -0.4 is 15.0 Å². The lowest BCUT2D eigenvalue weighted by Gasteiger charge is -2.43. The number of aliphatic hydroxyl groups excluding tert-OH is 1. The summed E-state index contributed by atoms with van der Waals surface area (Å²) < 4.78 is 26.1. The molecule has 3 aromatic rings. The number of amides is 1. The van der Waals surface area contributed by atoms with Gasteiger partial charge in [0.25, 0.3) is 0 Å². The Morgan fingerprint density at radius 2 is 1.91 bits per heavy atom. The van der Waals surface area contributed by atoms with Gasteiger partial charge in [-0.25, -0.2) is 14.4 Å². The Hall–Kier alpha value is -4.38. The highest BCUT2D eigenvalue weighted by molar-refractivity contribution is 5.76. The van der Waals surface area contributed by atoms with Gasteiger partial charge in [0.1, 0.15) is 24.3 Å². The molecule has 1 aromatic heterocycles. The summed E-state index contributed by atoms with van der Waals surface area (Å²) in [6.07, 6.45) is -0.559. The molecule has 2 atom stereocenters. The fourth-order valence-corrected chi connectivity index (χ4v) is 5.68. The number of alkyl halides is 1. The molecule has 2 unspecified atom stereocenters. The molecular weight excluding hydrogens is 567 g/mol. The van der Waals surface area contributed by atoms with Crippen LogP contribution >= 0.6 is 0 Å². The van der Waals surface area contributed by atoms with Crippen LogP contribution in [0.2, 0.25) is 0 Å². The van der Waals surface area contributed by atoms with E-state index < -0.39 is 12.3 Å². The van der Waals surface area contributed by atoms with Crippen molar-refractivity contribution in [3.8, 4) is 23.2 Å². The normalized spacial score (nSPS) is 20.9. The Balaban J connectivity index is 1.07. The lowest BCUT2D eigenvalue weighted by Crippen LogP contribution is -2.56. The molecule has 13 heteroatoms. The van der Waals surface area contributed by atoms with E-state index in [4.69, 9.17) is 14.6 Å². The van der Waals surface area contributed by atoms with Crippen molar-refractivity contribution in [2.24, 2.45) is 0 Å². The highest BCUT2D eigenvalue weighted by Gasteiger charge is 2.33. The molecule has 0 aliphatic carbocycles. The fourth-order valence-electron chi connectivity index (χ4n) is 5.68. The van der Waals surface area contributed by atoms with Crippen LogP contribution in [0, 0.1) is 11.3 Å². The van der Waals surface area contributed by atoms with Crippen LogP contribution in [0.4, 0.5) is 21.7 Å². The molecule has 2 aromatic carbocycles. The summed E-state index contributed by atoms with van der Waals surface area (Å²) >= 11 is 0. The molecule has 0 saturated carbocycles. The van der Waals surface area contributed by atoms with Gasteiger partial charge in [-0.05, 0) is 42.5 Å². The molecule has 0 bridgehead atoms. The average Bonchev–Trinajstić information content (AvgIpc) is 3.02. The Labute approximate surface area is 255 Å². The zero-order valence-corrected chi connectivity index (χ0v) is 24.3. The number of nitriles is 1. The standard InChI is InChI=1S/C31H35FN8O4/c32-26-17-40(29(42)8-14-41)9-7-28(26)44-27-6-1-21(15-22(27)16-33)30-34-20-35-31(37-30)36-23-2-4-24(5-3-23)38-10-12-39(13-11-38)25-18-43-19-25/h1-6,15,20,25-26,28,41H,7-14,17-19H2,(H,34,35,36,37). The Morgan fingerprint density at radius 3 is 2.59 bits per heavy atom. The number of aromatic nitrogens is 3. The summed E-state index contributed by atoms with van der Waals surface area (Å²) in [5, 5.41) is 22.0. The number of aliphatic hydroxyl groups is 1. The average molecular weight is 603 g/mol. The monoisotopic (exact) mass is 602 g/mol. The predicted molar refractivity (Wildman–Crippen MR) is 160 cm³/mol. The first-order chi connectivity index (χ1) is 21.5. The maximum absolute atomic E-state index is 14.9. The van der Waals surface area contributed by atoms with Crippen LogP contribution in [0.3, 0.4) is 0 Å². The molecule has 3 saturated heterocycles. The van der Waals surface area contributed by atoms with E-state index in [-0.39, 0.29) is 43.2 Å². The van der Waals surface area contributed by atoms with Crippen LogP contribution in [0.25, 0.3) is 11.4 Å². The van der Waals surface area contributed by atoms with E-state index in [1.165, 1.54) is 16.9 Å². The molecule has 230 valence electrons. The van der Waals surface area contributed by atoms with Gasteiger partial charge in [-0.1, -0.05) is 0 Å². The van der Waals surface area contributed by atoms with Gasteiger partial charge in [-0.3, -0.25) is 9.69 Å². The molecule has 2 N–H and O–H groups in total. The number of anilines is 3. The van der Waals surface area contributed by atoms with Crippen molar-refractivity contribution in [2.45, 2.75) is 31.2 Å². The molecule has 0 radical (unpaired) electrons. The van der Waals surface area contributed by atoms with Crippen molar-refractivity contribution in [1.29, 1.82) is 5.26 Å². The molecule has 3 aliphatic heterocycles. The second-order valence-corrected chi connectivity index (χ2v) is 11.1. The third kappa shape index (κ3) is 6.72. The van der Waals surface area contributed by atoms with Crippen LogP contribution in [0.15, 0.2) is 48.8 Å². The van der Waals surface area contributed by atoms with E-state index in [9.17, 15) is 14.4 Å². The smallest absolute Gasteiger partial charge is 0.230 e. The maximum Gasteiger partial charge on any atom is 0.230 e. The minimum absolute atomic E-state index is 0.0338. The summed E-state index contributed by atoms with van der Waals surface area (Å²) in [7, 11) is 0. The van der Waals surface area contributed by atoms with Crippen LogP contribution in [-0.4, -0.2) is 113 Å². The first kappa shape index (κ1) is 29.7. The fraction of sp³-hybridized carbons (Fsp3) is 0.452. The van der Waals surface area contributed by atoms with E-state index in [1.807, 2.05) is 12.1 Å². The largest absolute Gasteiger partial charge is 0.486 e. The van der Waals surface area contributed by atoms with E-state index in [0.717, 1.165) is 45.1 Å². The van der Waals surface area contributed by atoms with Crippen molar-refractivity contribution in [3.63, 3.8) is 0 Å². The zero-order valence-electron chi connectivity index (χ0n) is 24.3. The van der Waals surface area contributed by atoms with Crippen molar-refractivity contribution >= 4 is 23.2 Å².